The van der Waals surface area contributed by atoms with E-state index in [-0.39, 0.29) is 43.5 Å². The van der Waals surface area contributed by atoms with E-state index in [0.29, 0.717) is 39.5 Å². The molecule has 2 aromatic heterocycles. The molecule has 22 heteroatoms. The van der Waals surface area contributed by atoms with E-state index in [9.17, 15) is 45.8 Å². The standard InChI is InChI=1S/C40H28Cl3F6IN6O6/c1-54(33-24(42)9-10-28(52-33)40(47,48)49)56-34(58)21-8-7-20-22(29(21)36(56)60)14-23-35(59)55(53-32-25(43)13-18(15-51-32)39(44,45)46)37(61)38(23,17-3-5-19(41)6-4-17)30(20)16-11-26(50)31(57)27(12-16)62-2/h3-7,9-13,15,21-23,29-30,57H,8,14H2,1-2H3,(H,51,53)/t21-,22+,23-,29-,30-,38+/m0/s1. The maximum Gasteiger partial charge on any atom is 0.433 e. The van der Waals surface area contributed by atoms with Gasteiger partial charge >= 0.3 is 12.4 Å². The lowest BCUT2D eigenvalue weighted by molar-refractivity contribution is -0.142. The molecule has 2 aliphatic carbocycles. The fourth-order valence-corrected chi connectivity index (χ4v) is 10.5. The van der Waals surface area contributed by atoms with E-state index in [2.05, 4.69) is 15.4 Å². The van der Waals surface area contributed by atoms with Gasteiger partial charge in [0, 0.05) is 24.2 Å². The van der Waals surface area contributed by atoms with Crippen molar-refractivity contribution in [3.8, 4) is 11.5 Å². The van der Waals surface area contributed by atoms with E-state index >= 15 is 4.79 Å². The smallest absolute Gasteiger partial charge is 0.433 e. The Morgan fingerprint density at radius 3 is 2.24 bits per heavy atom. The van der Waals surface area contributed by atoms with Crippen molar-refractivity contribution in [2.75, 3.05) is 24.6 Å². The maximum atomic E-state index is 15.4. The molecule has 3 fully saturated rings. The minimum atomic E-state index is -4.89. The van der Waals surface area contributed by atoms with Gasteiger partial charge in [0.2, 0.25) is 0 Å². The molecular weight excluding hydrogens is 1010 g/mol. The average Bonchev–Trinajstić information content (AvgIpc) is 3.59. The van der Waals surface area contributed by atoms with Crippen LogP contribution in [0.2, 0.25) is 15.1 Å². The topological polar surface area (TPSA) is 145 Å². The van der Waals surface area contributed by atoms with Gasteiger partial charge in [0.1, 0.15) is 5.69 Å². The first-order valence-corrected chi connectivity index (χ1v) is 20.6. The van der Waals surface area contributed by atoms with Gasteiger partial charge in [-0.25, -0.2) is 9.97 Å². The molecule has 4 aliphatic rings. The van der Waals surface area contributed by atoms with Gasteiger partial charge in [-0.1, -0.05) is 58.6 Å². The third kappa shape index (κ3) is 6.80. The molecule has 4 aromatic rings. The monoisotopic (exact) mass is 1030 g/mol. The molecule has 62 heavy (non-hydrogen) atoms. The average molecular weight is 1040 g/mol. The first kappa shape index (κ1) is 43.8. The Kier molecular flexibility index (Phi) is 10.9. The normalized spacial score (nSPS) is 24.8. The number of methoxy groups -OCH3 is 1. The molecule has 4 heterocycles. The summed E-state index contributed by atoms with van der Waals surface area (Å²) >= 11 is 20.7. The highest BCUT2D eigenvalue weighted by molar-refractivity contribution is 14.1. The number of imide groups is 2. The highest BCUT2D eigenvalue weighted by atomic mass is 127. The minimum Gasteiger partial charge on any atom is -0.504 e. The molecule has 6 atom stereocenters. The van der Waals surface area contributed by atoms with Crippen LogP contribution in [-0.2, 0) is 36.9 Å². The Bertz CT molecular complexity index is 2620. The molecule has 4 amide bonds. The van der Waals surface area contributed by atoms with Crippen molar-refractivity contribution in [3.63, 3.8) is 0 Å². The Morgan fingerprint density at radius 2 is 1.61 bits per heavy atom. The fraction of sp³-hybridized carbons (Fsp3) is 0.300. The lowest BCUT2D eigenvalue weighted by Crippen LogP contribution is -2.53. The van der Waals surface area contributed by atoms with E-state index in [4.69, 9.17) is 39.5 Å². The van der Waals surface area contributed by atoms with Gasteiger partial charge in [-0.2, -0.15) is 36.4 Å². The predicted molar refractivity (Wildman–Crippen MR) is 219 cm³/mol. The van der Waals surface area contributed by atoms with Gasteiger partial charge in [0.25, 0.3) is 23.6 Å². The third-order valence-corrected chi connectivity index (χ3v) is 13.5. The number of halogens is 10. The number of nitrogens with one attached hydrogen (secondary N) is 1. The van der Waals surface area contributed by atoms with Crippen molar-refractivity contribution in [2.24, 2.45) is 23.7 Å². The summed E-state index contributed by atoms with van der Waals surface area (Å²) in [5.74, 6) is -10.5. The number of alkyl halides is 6. The number of anilines is 2. The number of carbonyl (C=O) groups is 4. The number of benzene rings is 2. The number of carbonyl (C=O) groups excluding carboxylic acids is 4. The number of hydrazine groups is 2. The van der Waals surface area contributed by atoms with Crippen molar-refractivity contribution in [1.29, 1.82) is 0 Å². The number of hydrogen-bond donors (Lipinski definition) is 2. The molecule has 324 valence electrons. The van der Waals surface area contributed by atoms with Gasteiger partial charge in [-0.3, -0.25) is 29.6 Å². The SMILES string of the molecule is COc1cc([C@H]2C3=CC[C@@H]4C(=O)N(N(C)c5nc(C(F)(F)F)ccc5Cl)C(=O)[C@@H]4[C@@H]3C[C@H]3C(=O)N(Nc4ncc(C(F)(F)F)cc4Cl)C(=O)[C@@]23c2ccc(Cl)cc2)cc(I)c1O. The predicted octanol–water partition coefficient (Wildman–Crippen LogP) is 8.83. The second-order valence-electron chi connectivity index (χ2n) is 15.0. The second kappa shape index (κ2) is 15.4. The van der Waals surface area contributed by atoms with Crippen LogP contribution in [-0.4, -0.2) is 62.9 Å². The van der Waals surface area contributed by atoms with E-state index in [1.54, 1.807) is 24.3 Å². The summed E-state index contributed by atoms with van der Waals surface area (Å²) in [6.45, 7) is 0. The summed E-state index contributed by atoms with van der Waals surface area (Å²) in [6.07, 6.45) is -7.89. The molecule has 12 nitrogen and oxygen atoms in total. The van der Waals surface area contributed by atoms with Crippen LogP contribution in [0.5, 0.6) is 11.5 Å². The van der Waals surface area contributed by atoms with Gasteiger partial charge in [-0.15, -0.1) is 0 Å². The number of ether oxygens (including phenoxy) is 1. The lowest BCUT2D eigenvalue weighted by Gasteiger charge is -2.50. The highest BCUT2D eigenvalue weighted by Crippen LogP contribution is 2.65. The number of allylic oxidation sites excluding steroid dienone is 2. The third-order valence-electron chi connectivity index (χ3n) is 11.9. The molecule has 0 bridgehead atoms. The summed E-state index contributed by atoms with van der Waals surface area (Å²) in [7, 11) is 2.47. The number of hydrogen-bond acceptors (Lipinski definition) is 10. The van der Waals surface area contributed by atoms with Gasteiger partial charge in [0.15, 0.2) is 23.1 Å². The lowest BCUT2D eigenvalue weighted by atomic mass is 9.49. The first-order valence-electron chi connectivity index (χ1n) is 18.4. The fourth-order valence-electron chi connectivity index (χ4n) is 9.26. The van der Waals surface area contributed by atoms with Crippen molar-refractivity contribution in [1.82, 2.24) is 20.0 Å². The minimum absolute atomic E-state index is 0.0102. The summed E-state index contributed by atoms with van der Waals surface area (Å²) in [5, 5.41) is 12.5. The summed E-state index contributed by atoms with van der Waals surface area (Å²) < 4.78 is 87.7. The highest BCUT2D eigenvalue weighted by Gasteiger charge is 2.71. The van der Waals surface area contributed by atoms with Gasteiger partial charge in [-0.05, 0) is 94.9 Å². The molecule has 0 spiro atoms. The number of pyridine rings is 2. The van der Waals surface area contributed by atoms with Crippen LogP contribution in [0.15, 0.2) is 72.4 Å². The number of fused-ring (bicyclic) bond motifs is 4. The van der Waals surface area contributed by atoms with E-state index in [1.165, 1.54) is 32.4 Å². The number of rotatable bonds is 7. The van der Waals surface area contributed by atoms with Crippen molar-refractivity contribution >= 4 is 92.7 Å². The van der Waals surface area contributed by atoms with E-state index in [1.807, 2.05) is 22.6 Å². The Balaban J connectivity index is 1.30. The Hall–Kier alpha value is -4.86. The van der Waals surface area contributed by atoms with E-state index in [0.717, 1.165) is 11.1 Å². The van der Waals surface area contributed by atoms with Gasteiger partial charge < -0.3 is 9.84 Å². The second-order valence-corrected chi connectivity index (χ2v) is 17.4. The van der Waals surface area contributed by atoms with Crippen molar-refractivity contribution in [2.45, 2.75) is 36.5 Å². The number of aromatic nitrogens is 2. The molecule has 2 saturated heterocycles. The molecule has 2 aliphatic heterocycles. The molecule has 2 aromatic carbocycles. The Labute approximate surface area is 375 Å². The zero-order valence-electron chi connectivity index (χ0n) is 31.7. The zero-order chi connectivity index (χ0) is 45.0. The molecular formula is C40H28Cl3F6IN6O6. The summed E-state index contributed by atoms with van der Waals surface area (Å²) in [4.78, 5) is 66.8. The molecule has 0 unspecified atom stereocenters. The van der Waals surface area contributed by atoms with Crippen LogP contribution in [0.4, 0.5) is 38.0 Å². The van der Waals surface area contributed by atoms with Crippen LogP contribution >= 0.6 is 57.4 Å². The first-order chi connectivity index (χ1) is 29.1. The number of aromatic hydroxyl groups is 1. The van der Waals surface area contributed by atoms with Crippen LogP contribution < -0.4 is 15.2 Å². The van der Waals surface area contributed by atoms with Crippen molar-refractivity contribution in [3.05, 3.63) is 113 Å². The van der Waals surface area contributed by atoms with Crippen LogP contribution in [0.25, 0.3) is 0 Å². The number of phenols is 1. The quantitative estimate of drug-likeness (QED) is 0.0798. The van der Waals surface area contributed by atoms with Crippen LogP contribution in [0.3, 0.4) is 0 Å². The Morgan fingerprint density at radius 1 is 0.919 bits per heavy atom. The van der Waals surface area contributed by atoms with E-state index < -0.39 is 98.9 Å². The van der Waals surface area contributed by atoms with Crippen LogP contribution in [0, 0.1) is 27.2 Å². The molecule has 8 rings (SSSR count). The zero-order valence-corrected chi connectivity index (χ0v) is 36.1. The van der Waals surface area contributed by atoms with Crippen molar-refractivity contribution < 1.29 is 55.4 Å². The van der Waals surface area contributed by atoms with Crippen LogP contribution in [0.1, 0.15) is 41.1 Å². The summed E-state index contributed by atoms with van der Waals surface area (Å²) in [6, 6.07) is 11.3. The van der Waals surface area contributed by atoms with Gasteiger partial charge in [0.05, 0.1) is 49.5 Å². The molecule has 0 radical (unpaired) electrons. The maximum absolute atomic E-state index is 15.4. The summed E-state index contributed by atoms with van der Waals surface area (Å²) in [5.41, 5.74) is -0.841. The number of nitrogens with zero attached hydrogens (tertiary/aromatic N) is 5. The number of amides is 4. The molecule has 2 N–H and O–H groups in total. The number of phenolic OH excluding ortho intramolecular Hbond substituents is 1. The molecule has 1 saturated carbocycles. The largest absolute Gasteiger partial charge is 0.504 e.